The predicted molar refractivity (Wildman–Crippen MR) is 222 cm³/mol. The zero-order valence-electron chi connectivity index (χ0n) is 37.8. The van der Waals surface area contributed by atoms with Crippen LogP contribution in [-0.4, -0.2) is 267 Å². The SMILES string of the molecule is COCCOCCOCCOCCOCCOCCOCCOCCOC(=O)OCC(CO)(CO)NC(=O)CCOCCOCCOCCOCCOCCOCCOCCOC. The fourth-order valence-corrected chi connectivity index (χ4v) is 4.33. The van der Waals surface area contributed by atoms with E-state index in [1.807, 2.05) is 0 Å². The topological polar surface area (TPSA) is 253 Å². The number of amides is 1. The molecule has 0 aliphatic carbocycles. The van der Waals surface area contributed by atoms with Crippen LogP contribution >= 0.6 is 0 Å². The Hall–Kier alpha value is -1.98. The van der Waals surface area contributed by atoms with Crippen molar-refractivity contribution < 1.29 is 105 Å². The van der Waals surface area contributed by atoms with Gasteiger partial charge in [-0.3, -0.25) is 4.79 Å². The minimum absolute atomic E-state index is 0.0648. The minimum Gasteiger partial charge on any atom is -0.432 e. The van der Waals surface area contributed by atoms with Crippen molar-refractivity contribution in [1.82, 2.24) is 5.32 Å². The van der Waals surface area contributed by atoms with Crippen molar-refractivity contribution in [1.29, 1.82) is 0 Å². The lowest BCUT2D eigenvalue weighted by molar-refractivity contribution is -0.127. The number of hydrogen-bond acceptors (Lipinski definition) is 22. The molecular weight excluding hydrogens is 846 g/mol. The molecule has 0 aliphatic heterocycles. The Bertz CT molecular complexity index is 940. The minimum atomic E-state index is -1.61. The van der Waals surface area contributed by atoms with Gasteiger partial charge in [0.25, 0.3) is 0 Å². The van der Waals surface area contributed by atoms with Crippen LogP contribution in [0.2, 0.25) is 0 Å². The first-order chi connectivity index (χ1) is 31.0. The summed E-state index contributed by atoms with van der Waals surface area (Å²) in [5, 5.41) is 22.1. The van der Waals surface area contributed by atoms with E-state index in [0.717, 1.165) is 0 Å². The van der Waals surface area contributed by atoms with Crippen molar-refractivity contribution >= 4 is 12.1 Å². The van der Waals surface area contributed by atoms with E-state index in [4.69, 9.17) is 85.3 Å². The van der Waals surface area contributed by atoms with Crippen molar-refractivity contribution in [3.63, 3.8) is 0 Å². The Morgan fingerprint density at radius 3 is 0.841 bits per heavy atom. The molecule has 0 bridgehead atoms. The van der Waals surface area contributed by atoms with Crippen LogP contribution in [0.1, 0.15) is 6.42 Å². The van der Waals surface area contributed by atoms with Crippen molar-refractivity contribution in [2.45, 2.75) is 12.0 Å². The summed E-state index contributed by atoms with van der Waals surface area (Å²) in [5.74, 6) is -0.522. The second kappa shape index (κ2) is 51.0. The number of carbonyl (C=O) groups excluding carboxylic acids is 2. The van der Waals surface area contributed by atoms with Gasteiger partial charge < -0.3 is 101 Å². The van der Waals surface area contributed by atoms with E-state index < -0.39 is 37.4 Å². The number of rotatable bonds is 53. The Kier molecular flexibility index (Phi) is 49.4. The molecular formula is C40H79NO22. The Morgan fingerprint density at radius 1 is 0.349 bits per heavy atom. The maximum absolute atomic E-state index is 12.4. The largest absolute Gasteiger partial charge is 0.508 e. The van der Waals surface area contributed by atoms with Crippen LogP contribution < -0.4 is 5.32 Å². The average molecular weight is 926 g/mol. The molecule has 0 rings (SSSR count). The lowest BCUT2D eigenvalue weighted by Gasteiger charge is -2.30. The maximum Gasteiger partial charge on any atom is 0.508 e. The summed E-state index contributed by atoms with van der Waals surface area (Å²) in [6.07, 6.45) is -1.12. The van der Waals surface area contributed by atoms with Crippen LogP contribution in [-0.2, 0) is 90.1 Å². The molecule has 0 aromatic rings. The van der Waals surface area contributed by atoms with E-state index in [2.05, 4.69) is 5.32 Å². The van der Waals surface area contributed by atoms with Crippen molar-refractivity contribution in [3.05, 3.63) is 0 Å². The zero-order chi connectivity index (χ0) is 45.8. The van der Waals surface area contributed by atoms with Crippen LogP contribution in [0.25, 0.3) is 0 Å². The smallest absolute Gasteiger partial charge is 0.432 e. The molecule has 0 heterocycles. The van der Waals surface area contributed by atoms with Crippen LogP contribution in [0.4, 0.5) is 4.79 Å². The highest BCUT2D eigenvalue weighted by molar-refractivity contribution is 5.77. The van der Waals surface area contributed by atoms with Gasteiger partial charge in [-0.2, -0.15) is 0 Å². The van der Waals surface area contributed by atoms with Gasteiger partial charge >= 0.3 is 6.16 Å². The molecule has 0 saturated carbocycles. The first-order valence-corrected chi connectivity index (χ1v) is 21.4. The predicted octanol–water partition coefficient (Wildman–Crippen LogP) is -1.11. The van der Waals surface area contributed by atoms with Gasteiger partial charge in [0.15, 0.2) is 0 Å². The first kappa shape index (κ1) is 61.0. The Morgan fingerprint density at radius 2 is 0.587 bits per heavy atom. The summed E-state index contributed by atoms with van der Waals surface area (Å²) in [6.45, 7) is 10.6. The molecule has 23 heteroatoms. The second-order valence-electron chi connectivity index (χ2n) is 12.8. The van der Waals surface area contributed by atoms with Gasteiger partial charge in [0.05, 0.1) is 211 Å². The monoisotopic (exact) mass is 926 g/mol. The molecule has 0 atom stereocenters. The number of methoxy groups -OCH3 is 2. The van der Waals surface area contributed by atoms with E-state index in [9.17, 15) is 19.8 Å². The van der Waals surface area contributed by atoms with Gasteiger partial charge in [0.2, 0.25) is 5.91 Å². The quantitative estimate of drug-likeness (QED) is 0.0483. The lowest BCUT2D eigenvalue weighted by Crippen LogP contribution is -2.58. The number of aliphatic hydroxyl groups is 2. The van der Waals surface area contributed by atoms with Crippen LogP contribution in [0.3, 0.4) is 0 Å². The van der Waals surface area contributed by atoms with Gasteiger partial charge in [-0.1, -0.05) is 0 Å². The second-order valence-corrected chi connectivity index (χ2v) is 12.8. The highest BCUT2D eigenvalue weighted by Crippen LogP contribution is 2.06. The Labute approximate surface area is 372 Å². The van der Waals surface area contributed by atoms with Crippen LogP contribution in [0, 0.1) is 0 Å². The summed E-state index contributed by atoms with van der Waals surface area (Å²) in [6, 6.07) is 0. The zero-order valence-corrected chi connectivity index (χ0v) is 37.8. The molecule has 376 valence electrons. The number of carbonyl (C=O) groups is 2. The molecule has 23 nitrogen and oxygen atoms in total. The van der Waals surface area contributed by atoms with Crippen LogP contribution in [0.5, 0.6) is 0 Å². The number of aliphatic hydroxyl groups excluding tert-OH is 2. The molecule has 0 radical (unpaired) electrons. The molecule has 0 spiro atoms. The van der Waals surface area contributed by atoms with Gasteiger partial charge in [0.1, 0.15) is 18.8 Å². The highest BCUT2D eigenvalue weighted by Gasteiger charge is 2.33. The molecule has 0 fully saturated rings. The van der Waals surface area contributed by atoms with Gasteiger partial charge in [0, 0.05) is 20.6 Å². The van der Waals surface area contributed by atoms with E-state index in [1.54, 1.807) is 14.2 Å². The average Bonchev–Trinajstić information content (AvgIpc) is 3.29. The third kappa shape index (κ3) is 46.4. The van der Waals surface area contributed by atoms with Gasteiger partial charge in [-0.05, 0) is 0 Å². The summed E-state index contributed by atoms with van der Waals surface area (Å²) in [4.78, 5) is 24.4. The molecule has 63 heavy (non-hydrogen) atoms. The van der Waals surface area contributed by atoms with Crippen LogP contribution in [0.15, 0.2) is 0 Å². The van der Waals surface area contributed by atoms with Crippen molar-refractivity contribution in [2.75, 3.05) is 239 Å². The fourth-order valence-electron chi connectivity index (χ4n) is 4.33. The Balaban J connectivity index is 3.57. The van der Waals surface area contributed by atoms with Gasteiger partial charge in [-0.15, -0.1) is 0 Å². The van der Waals surface area contributed by atoms with Crippen molar-refractivity contribution in [2.24, 2.45) is 0 Å². The molecule has 0 saturated heterocycles. The maximum atomic E-state index is 12.4. The number of hydrogen-bond donors (Lipinski definition) is 3. The van der Waals surface area contributed by atoms with Gasteiger partial charge in [-0.25, -0.2) is 4.79 Å². The molecule has 3 N–H and O–H groups in total. The van der Waals surface area contributed by atoms with E-state index >= 15 is 0 Å². The molecule has 0 aromatic heterocycles. The lowest BCUT2D eigenvalue weighted by atomic mass is 10.0. The molecule has 1 amide bonds. The molecule has 0 unspecified atom stereocenters. The number of nitrogens with one attached hydrogen (secondary N) is 1. The van der Waals surface area contributed by atoms with E-state index in [0.29, 0.717) is 172 Å². The van der Waals surface area contributed by atoms with E-state index in [-0.39, 0.29) is 39.5 Å². The van der Waals surface area contributed by atoms with E-state index in [1.165, 1.54) is 0 Å². The summed E-state index contributed by atoms with van der Waals surface area (Å²) in [5.41, 5.74) is -1.61. The number of ether oxygens (including phenoxy) is 18. The summed E-state index contributed by atoms with van der Waals surface area (Å²) in [7, 11) is 3.25. The van der Waals surface area contributed by atoms with Crippen molar-refractivity contribution in [3.8, 4) is 0 Å². The highest BCUT2D eigenvalue weighted by atomic mass is 16.7. The normalized spacial score (nSPS) is 11.7. The third-order valence-electron chi connectivity index (χ3n) is 7.72. The fraction of sp³-hybridized carbons (Fsp3) is 0.950. The summed E-state index contributed by atoms with van der Waals surface area (Å²) < 4.78 is 95.4. The standard InChI is InChI=1S/C40H79NO22/c1-46-5-7-49-11-13-52-17-19-55-23-25-57-22-21-54-16-15-51-10-9-48-4-3-38(44)41-40(35-42,36-43)37-63-39(45)62-34-33-61-32-31-60-30-29-59-28-27-58-26-24-56-20-18-53-14-12-50-8-6-47-2/h42-43H,3-37H2,1-2H3,(H,41,44). The summed E-state index contributed by atoms with van der Waals surface area (Å²) >= 11 is 0. The first-order valence-electron chi connectivity index (χ1n) is 21.4. The molecule has 0 aromatic carbocycles. The molecule has 0 aliphatic rings. The third-order valence-corrected chi connectivity index (χ3v) is 7.72.